The van der Waals surface area contributed by atoms with Gasteiger partial charge in [0.2, 0.25) is 11.8 Å². The van der Waals surface area contributed by atoms with Crippen LogP contribution in [0.1, 0.15) is 18.5 Å². The van der Waals surface area contributed by atoms with Gasteiger partial charge in [-0.2, -0.15) is 5.10 Å². The number of rotatable bonds is 6. The SMILES string of the molecule is C[C@@H](C(=O)NCc1ccc(Oc2cccc(F)c2)nc1)n1cncn1. The van der Waals surface area contributed by atoms with Gasteiger partial charge in [-0.05, 0) is 24.6 Å². The molecule has 3 aromatic rings. The topological polar surface area (TPSA) is 81.9 Å². The van der Waals surface area contributed by atoms with E-state index in [1.807, 2.05) is 0 Å². The van der Waals surface area contributed by atoms with Crippen LogP contribution >= 0.6 is 0 Å². The summed E-state index contributed by atoms with van der Waals surface area (Å²) in [5, 5.41) is 6.74. The highest BCUT2D eigenvalue weighted by molar-refractivity contribution is 5.79. The molecule has 3 rings (SSSR count). The third kappa shape index (κ3) is 4.37. The second-order valence-corrected chi connectivity index (χ2v) is 5.33. The van der Waals surface area contributed by atoms with E-state index in [2.05, 4.69) is 20.4 Å². The van der Waals surface area contributed by atoms with Crippen LogP contribution in [-0.4, -0.2) is 25.7 Å². The van der Waals surface area contributed by atoms with E-state index in [4.69, 9.17) is 4.74 Å². The maximum atomic E-state index is 13.1. The molecule has 128 valence electrons. The number of hydrogen-bond donors (Lipinski definition) is 1. The lowest BCUT2D eigenvalue weighted by molar-refractivity contribution is -0.124. The molecule has 0 fully saturated rings. The highest BCUT2D eigenvalue weighted by Crippen LogP contribution is 2.20. The maximum absolute atomic E-state index is 13.1. The van der Waals surface area contributed by atoms with Crippen molar-refractivity contribution in [2.45, 2.75) is 19.5 Å². The molecule has 0 saturated carbocycles. The molecule has 0 radical (unpaired) electrons. The van der Waals surface area contributed by atoms with Crippen molar-refractivity contribution in [3.8, 4) is 11.6 Å². The molecule has 0 spiro atoms. The van der Waals surface area contributed by atoms with Gasteiger partial charge in [0, 0.05) is 24.9 Å². The third-order valence-electron chi connectivity index (χ3n) is 3.50. The van der Waals surface area contributed by atoms with Crippen LogP contribution in [0.5, 0.6) is 11.6 Å². The van der Waals surface area contributed by atoms with Gasteiger partial charge >= 0.3 is 0 Å². The summed E-state index contributed by atoms with van der Waals surface area (Å²) < 4.78 is 20.1. The highest BCUT2D eigenvalue weighted by Gasteiger charge is 2.14. The van der Waals surface area contributed by atoms with E-state index < -0.39 is 6.04 Å². The zero-order valence-electron chi connectivity index (χ0n) is 13.5. The first kappa shape index (κ1) is 16.6. The van der Waals surface area contributed by atoms with Crippen molar-refractivity contribution in [3.05, 3.63) is 66.6 Å². The Hall–Kier alpha value is -3.29. The lowest BCUT2D eigenvalue weighted by Crippen LogP contribution is -2.30. The van der Waals surface area contributed by atoms with Crippen LogP contribution in [0, 0.1) is 5.82 Å². The first-order valence-corrected chi connectivity index (χ1v) is 7.62. The van der Waals surface area contributed by atoms with Crippen molar-refractivity contribution >= 4 is 5.91 Å². The lowest BCUT2D eigenvalue weighted by Gasteiger charge is -2.12. The van der Waals surface area contributed by atoms with E-state index in [1.54, 1.807) is 37.4 Å². The number of nitrogens with one attached hydrogen (secondary N) is 1. The van der Waals surface area contributed by atoms with Crippen molar-refractivity contribution in [1.82, 2.24) is 25.1 Å². The molecule has 0 saturated heterocycles. The molecule has 0 aliphatic carbocycles. The van der Waals surface area contributed by atoms with Crippen molar-refractivity contribution in [3.63, 3.8) is 0 Å². The van der Waals surface area contributed by atoms with Crippen LogP contribution in [-0.2, 0) is 11.3 Å². The average molecular weight is 341 g/mol. The number of ether oxygens (including phenoxy) is 1. The molecule has 1 amide bonds. The van der Waals surface area contributed by atoms with E-state index in [1.165, 1.54) is 29.5 Å². The fourth-order valence-electron chi connectivity index (χ4n) is 2.10. The second-order valence-electron chi connectivity index (χ2n) is 5.33. The second kappa shape index (κ2) is 7.52. The number of pyridine rings is 1. The molecule has 2 heterocycles. The van der Waals surface area contributed by atoms with E-state index >= 15 is 0 Å². The number of hydrogen-bond acceptors (Lipinski definition) is 5. The van der Waals surface area contributed by atoms with Gasteiger partial charge in [0.25, 0.3) is 0 Å². The number of carbonyl (C=O) groups excluding carboxylic acids is 1. The molecule has 0 aliphatic heterocycles. The first-order chi connectivity index (χ1) is 12.1. The third-order valence-corrected chi connectivity index (χ3v) is 3.50. The van der Waals surface area contributed by atoms with Crippen LogP contribution in [0.15, 0.2) is 55.2 Å². The van der Waals surface area contributed by atoms with E-state index in [-0.39, 0.29) is 11.7 Å². The van der Waals surface area contributed by atoms with E-state index in [9.17, 15) is 9.18 Å². The Morgan fingerprint density at radius 3 is 2.92 bits per heavy atom. The molecule has 1 N–H and O–H groups in total. The number of amides is 1. The van der Waals surface area contributed by atoms with Crippen LogP contribution < -0.4 is 10.1 Å². The minimum atomic E-state index is -0.453. The van der Waals surface area contributed by atoms with Crippen molar-refractivity contribution in [2.75, 3.05) is 0 Å². The summed E-state index contributed by atoms with van der Waals surface area (Å²) in [6.07, 6.45) is 4.46. The summed E-state index contributed by atoms with van der Waals surface area (Å²) in [6.45, 7) is 2.06. The number of aromatic nitrogens is 4. The van der Waals surface area contributed by atoms with Crippen LogP contribution in [0.3, 0.4) is 0 Å². The zero-order valence-corrected chi connectivity index (χ0v) is 13.5. The largest absolute Gasteiger partial charge is 0.439 e. The summed E-state index contributed by atoms with van der Waals surface area (Å²) in [6, 6.07) is 8.81. The number of benzene rings is 1. The Morgan fingerprint density at radius 2 is 2.24 bits per heavy atom. The molecule has 8 heteroatoms. The lowest BCUT2D eigenvalue weighted by atomic mass is 10.2. The van der Waals surface area contributed by atoms with Gasteiger partial charge in [-0.3, -0.25) is 4.79 Å². The molecule has 1 aromatic carbocycles. The van der Waals surface area contributed by atoms with E-state index in [0.717, 1.165) is 5.56 Å². The van der Waals surface area contributed by atoms with E-state index in [0.29, 0.717) is 18.2 Å². The fourth-order valence-corrected chi connectivity index (χ4v) is 2.10. The molecule has 7 nitrogen and oxygen atoms in total. The molecule has 1 atom stereocenters. The van der Waals surface area contributed by atoms with Gasteiger partial charge in [-0.25, -0.2) is 19.0 Å². The van der Waals surface area contributed by atoms with Gasteiger partial charge in [0.15, 0.2) is 0 Å². The Kier molecular flexibility index (Phi) is 4.98. The minimum absolute atomic E-state index is 0.175. The predicted octanol–water partition coefficient (Wildman–Crippen LogP) is 2.48. The molecule has 2 aromatic heterocycles. The summed E-state index contributed by atoms with van der Waals surface area (Å²) >= 11 is 0. The summed E-state index contributed by atoms with van der Waals surface area (Å²) in [5.74, 6) is 0.163. The maximum Gasteiger partial charge on any atom is 0.244 e. The Balaban J connectivity index is 1.55. The number of nitrogens with zero attached hydrogens (tertiary/aromatic N) is 4. The zero-order chi connectivity index (χ0) is 17.6. The van der Waals surface area contributed by atoms with Crippen molar-refractivity contribution in [2.24, 2.45) is 0 Å². The normalized spacial score (nSPS) is 11.8. The Bertz CT molecular complexity index is 837. The monoisotopic (exact) mass is 341 g/mol. The number of carbonyl (C=O) groups is 1. The fraction of sp³-hybridized carbons (Fsp3) is 0.176. The van der Waals surface area contributed by atoms with Gasteiger partial charge < -0.3 is 10.1 Å². The Labute approximate surface area is 143 Å². The summed E-state index contributed by atoms with van der Waals surface area (Å²) in [7, 11) is 0. The first-order valence-electron chi connectivity index (χ1n) is 7.62. The van der Waals surface area contributed by atoms with Gasteiger partial charge in [-0.15, -0.1) is 0 Å². The van der Waals surface area contributed by atoms with Crippen molar-refractivity contribution in [1.29, 1.82) is 0 Å². The average Bonchev–Trinajstić information content (AvgIpc) is 3.15. The van der Waals surface area contributed by atoms with Gasteiger partial charge in [-0.1, -0.05) is 12.1 Å². The van der Waals surface area contributed by atoms with Gasteiger partial charge in [0.1, 0.15) is 30.3 Å². The van der Waals surface area contributed by atoms with Crippen molar-refractivity contribution < 1.29 is 13.9 Å². The molecular formula is C17H16FN5O2. The highest BCUT2D eigenvalue weighted by atomic mass is 19.1. The van der Waals surface area contributed by atoms with Crippen LogP contribution in [0.2, 0.25) is 0 Å². The van der Waals surface area contributed by atoms with Gasteiger partial charge in [0.05, 0.1) is 0 Å². The standard InChI is InChI=1S/C17H16FN5O2/c1-12(23-11-19-10-22-23)17(24)21-9-13-5-6-16(20-8-13)25-15-4-2-3-14(18)7-15/h2-8,10-12H,9H2,1H3,(H,21,24)/t12-/m0/s1. The minimum Gasteiger partial charge on any atom is -0.439 e. The molecular weight excluding hydrogens is 325 g/mol. The molecule has 0 bridgehead atoms. The predicted molar refractivity (Wildman–Crippen MR) is 87.3 cm³/mol. The Morgan fingerprint density at radius 1 is 1.36 bits per heavy atom. The summed E-state index contributed by atoms with van der Waals surface area (Å²) in [4.78, 5) is 20.0. The molecule has 0 aliphatic rings. The number of halogens is 1. The quantitative estimate of drug-likeness (QED) is 0.745. The molecule has 0 unspecified atom stereocenters. The van der Waals surface area contributed by atoms with Crippen LogP contribution in [0.4, 0.5) is 4.39 Å². The smallest absolute Gasteiger partial charge is 0.244 e. The molecule has 25 heavy (non-hydrogen) atoms. The summed E-state index contributed by atoms with van der Waals surface area (Å²) in [5.41, 5.74) is 0.811. The van der Waals surface area contributed by atoms with Crippen LogP contribution in [0.25, 0.3) is 0 Å².